The van der Waals surface area contributed by atoms with Crippen LogP contribution in [0.2, 0.25) is 0 Å². The van der Waals surface area contributed by atoms with E-state index in [2.05, 4.69) is 9.24 Å². The molecule has 1 saturated heterocycles. The van der Waals surface area contributed by atoms with Crippen molar-refractivity contribution >= 4 is 21.2 Å². The lowest BCUT2D eigenvalue weighted by molar-refractivity contribution is -0.129. The monoisotopic (exact) mass is 217 g/mol. The molecule has 1 fully saturated rings. The molecule has 80 valence electrons. The molecular formula is C9H16NO3P. The Kier molecular flexibility index (Phi) is 3.87. The zero-order chi connectivity index (χ0) is 10.7. The highest BCUT2D eigenvalue weighted by Gasteiger charge is 2.35. The van der Waals surface area contributed by atoms with Gasteiger partial charge in [-0.3, -0.25) is 4.79 Å². The van der Waals surface area contributed by atoms with E-state index in [1.807, 2.05) is 13.8 Å². The fourth-order valence-electron chi connectivity index (χ4n) is 1.26. The van der Waals surface area contributed by atoms with Gasteiger partial charge in [0, 0.05) is 6.42 Å². The fourth-order valence-corrected chi connectivity index (χ4v) is 1.65. The van der Waals surface area contributed by atoms with Crippen molar-refractivity contribution in [3.05, 3.63) is 0 Å². The van der Waals surface area contributed by atoms with Crippen molar-refractivity contribution < 1.29 is 14.3 Å². The second-order valence-corrected chi connectivity index (χ2v) is 4.40. The van der Waals surface area contributed by atoms with Crippen LogP contribution in [0.3, 0.4) is 0 Å². The van der Waals surface area contributed by atoms with Gasteiger partial charge in [0.2, 0.25) is 5.91 Å². The van der Waals surface area contributed by atoms with Crippen LogP contribution in [-0.2, 0) is 9.53 Å². The molecule has 0 aliphatic carbocycles. The van der Waals surface area contributed by atoms with Crippen LogP contribution in [0.15, 0.2) is 0 Å². The Hall–Kier alpha value is -0.630. The first-order chi connectivity index (χ1) is 6.56. The average molecular weight is 217 g/mol. The molecule has 0 spiro atoms. The summed E-state index contributed by atoms with van der Waals surface area (Å²) in [6.45, 7) is 4.31. The number of ether oxygens (including phenoxy) is 1. The minimum absolute atomic E-state index is 0.137. The van der Waals surface area contributed by atoms with Gasteiger partial charge in [-0.25, -0.2) is 9.69 Å². The number of carbonyl (C=O) groups excluding carboxylic acids is 2. The molecule has 1 unspecified atom stereocenters. The van der Waals surface area contributed by atoms with Gasteiger partial charge in [0.15, 0.2) is 0 Å². The van der Waals surface area contributed by atoms with Crippen LogP contribution >= 0.6 is 9.24 Å². The molecular weight excluding hydrogens is 201 g/mol. The summed E-state index contributed by atoms with van der Waals surface area (Å²) in [6, 6.07) is 0. The van der Waals surface area contributed by atoms with Crippen LogP contribution in [0.4, 0.5) is 4.79 Å². The molecule has 1 aliphatic rings. The van der Waals surface area contributed by atoms with E-state index in [9.17, 15) is 9.59 Å². The predicted octanol–water partition coefficient (Wildman–Crippen LogP) is 1.60. The Morgan fingerprint density at radius 1 is 1.79 bits per heavy atom. The number of rotatable bonds is 3. The molecule has 0 bridgehead atoms. The molecule has 1 rings (SSSR count). The molecule has 0 aromatic heterocycles. The minimum Gasteiger partial charge on any atom is -0.447 e. The second kappa shape index (κ2) is 4.74. The lowest BCUT2D eigenvalue weighted by Crippen LogP contribution is -2.36. The van der Waals surface area contributed by atoms with Crippen LogP contribution in [-0.4, -0.2) is 29.3 Å². The summed E-state index contributed by atoms with van der Waals surface area (Å²) in [4.78, 5) is 24.0. The molecule has 1 heterocycles. The molecule has 4 nitrogen and oxygen atoms in total. The first kappa shape index (κ1) is 11.4. The Morgan fingerprint density at radius 3 is 2.86 bits per heavy atom. The van der Waals surface area contributed by atoms with Crippen molar-refractivity contribution in [3.63, 3.8) is 0 Å². The first-order valence-electron chi connectivity index (χ1n) is 4.80. The van der Waals surface area contributed by atoms with E-state index in [0.29, 0.717) is 12.3 Å². The number of amides is 2. The predicted molar refractivity (Wildman–Crippen MR) is 55.8 cm³/mol. The third kappa shape index (κ3) is 2.44. The number of hydrogen-bond donors (Lipinski definition) is 0. The summed E-state index contributed by atoms with van der Waals surface area (Å²) >= 11 is 0. The summed E-state index contributed by atoms with van der Waals surface area (Å²) in [6.07, 6.45) is 0.838. The summed E-state index contributed by atoms with van der Waals surface area (Å²) in [5, 5.41) is 0. The van der Waals surface area contributed by atoms with Crippen LogP contribution in [0, 0.1) is 5.92 Å². The third-order valence-corrected chi connectivity index (χ3v) is 2.89. The molecule has 1 aliphatic heterocycles. The van der Waals surface area contributed by atoms with Crippen LogP contribution < -0.4 is 0 Å². The van der Waals surface area contributed by atoms with Crippen LogP contribution in [0.25, 0.3) is 0 Å². The van der Waals surface area contributed by atoms with E-state index in [1.165, 1.54) is 4.90 Å². The van der Waals surface area contributed by atoms with Gasteiger partial charge in [0.25, 0.3) is 0 Å². The van der Waals surface area contributed by atoms with E-state index >= 15 is 0 Å². The second-order valence-electron chi connectivity index (χ2n) is 3.63. The lowest BCUT2D eigenvalue weighted by atomic mass is 10.0. The normalized spacial score (nSPS) is 23.5. The van der Waals surface area contributed by atoms with Gasteiger partial charge in [0.1, 0.15) is 6.61 Å². The van der Waals surface area contributed by atoms with E-state index in [4.69, 9.17) is 4.74 Å². The molecule has 2 amide bonds. The maximum absolute atomic E-state index is 11.6. The van der Waals surface area contributed by atoms with Gasteiger partial charge in [-0.1, -0.05) is 20.3 Å². The molecule has 3 atom stereocenters. The number of imide groups is 1. The van der Waals surface area contributed by atoms with Gasteiger partial charge in [-0.15, -0.1) is 9.24 Å². The van der Waals surface area contributed by atoms with E-state index in [0.717, 1.165) is 6.42 Å². The molecule has 0 aromatic rings. The topological polar surface area (TPSA) is 46.6 Å². The third-order valence-electron chi connectivity index (χ3n) is 2.39. The van der Waals surface area contributed by atoms with Crippen LogP contribution in [0.1, 0.15) is 26.7 Å². The highest BCUT2D eigenvalue weighted by Crippen LogP contribution is 2.20. The Bertz CT molecular complexity index is 244. The molecule has 0 N–H and O–H groups in total. The van der Waals surface area contributed by atoms with Gasteiger partial charge < -0.3 is 4.74 Å². The molecule has 0 aromatic carbocycles. The zero-order valence-corrected chi connectivity index (χ0v) is 9.68. The van der Waals surface area contributed by atoms with E-state index in [-0.39, 0.29) is 18.3 Å². The first-order valence-corrected chi connectivity index (χ1v) is 5.47. The van der Waals surface area contributed by atoms with E-state index < -0.39 is 6.09 Å². The summed E-state index contributed by atoms with van der Waals surface area (Å²) in [5.74, 6) is -0.0194. The fraction of sp³-hybridized carbons (Fsp3) is 0.778. The van der Waals surface area contributed by atoms with Gasteiger partial charge in [0.05, 0.1) is 5.78 Å². The van der Waals surface area contributed by atoms with Gasteiger partial charge >= 0.3 is 6.09 Å². The van der Waals surface area contributed by atoms with Crippen molar-refractivity contribution in [2.45, 2.75) is 32.5 Å². The van der Waals surface area contributed by atoms with E-state index in [1.54, 1.807) is 0 Å². The summed E-state index contributed by atoms with van der Waals surface area (Å²) in [7, 11) is 2.44. The average Bonchev–Trinajstić information content (AvgIpc) is 2.46. The van der Waals surface area contributed by atoms with Crippen molar-refractivity contribution in [3.8, 4) is 0 Å². The van der Waals surface area contributed by atoms with Gasteiger partial charge in [-0.2, -0.15) is 0 Å². The van der Waals surface area contributed by atoms with Crippen molar-refractivity contribution in [2.24, 2.45) is 5.92 Å². The standard InChI is InChI=1S/C9H16NO3P/c1-3-6(2)4-7(11)10-8(14)5-13-9(10)12/h6,8H,3-5,14H2,1-2H3/t6-,8-/m0/s1. The van der Waals surface area contributed by atoms with Crippen LogP contribution in [0.5, 0.6) is 0 Å². The van der Waals surface area contributed by atoms with Crippen molar-refractivity contribution in [1.29, 1.82) is 0 Å². The smallest absolute Gasteiger partial charge is 0.417 e. The number of cyclic esters (lactones) is 1. The number of nitrogens with zero attached hydrogens (tertiary/aromatic N) is 1. The largest absolute Gasteiger partial charge is 0.447 e. The highest BCUT2D eigenvalue weighted by molar-refractivity contribution is 7.17. The molecule has 14 heavy (non-hydrogen) atoms. The minimum atomic E-state index is -0.515. The van der Waals surface area contributed by atoms with Crippen molar-refractivity contribution in [1.82, 2.24) is 4.90 Å². The Morgan fingerprint density at radius 2 is 2.43 bits per heavy atom. The van der Waals surface area contributed by atoms with Crippen molar-refractivity contribution in [2.75, 3.05) is 6.61 Å². The zero-order valence-electron chi connectivity index (χ0n) is 8.53. The molecule has 0 saturated carbocycles. The number of hydrogen-bond acceptors (Lipinski definition) is 3. The summed E-state index contributed by atoms with van der Waals surface area (Å²) < 4.78 is 4.76. The molecule has 5 heteroatoms. The maximum atomic E-state index is 11.6. The Labute approximate surface area is 86.2 Å². The number of carbonyl (C=O) groups is 2. The van der Waals surface area contributed by atoms with Gasteiger partial charge in [-0.05, 0) is 5.92 Å². The SMILES string of the molecule is CC[C@H](C)CC(=O)N1C(=O)OC[C@@H]1P. The molecule has 0 radical (unpaired) electrons. The lowest BCUT2D eigenvalue weighted by Gasteiger charge is -2.17. The Balaban J connectivity index is 2.55. The highest BCUT2D eigenvalue weighted by atomic mass is 31.0. The summed E-state index contributed by atoms with van der Waals surface area (Å²) in [5.41, 5.74) is 0. The maximum Gasteiger partial charge on any atom is 0.417 e. The quantitative estimate of drug-likeness (QED) is 0.674.